The minimum absolute atomic E-state index is 0.121. The molecule has 2 atom stereocenters. The van der Waals surface area contributed by atoms with Crippen LogP contribution in [0.1, 0.15) is 56.6 Å². The first-order valence-corrected chi connectivity index (χ1v) is 15.2. The van der Waals surface area contributed by atoms with Gasteiger partial charge in [-0.2, -0.15) is 0 Å². The van der Waals surface area contributed by atoms with E-state index in [1.54, 1.807) is 25.1 Å². The fourth-order valence-corrected chi connectivity index (χ4v) is 6.51. The standard InChI is InChI=1S/C29H35N3O6S/c1-19(29(35)31-21-9-3-4-10-21)32(24-12-6-8-20-7-2-5-11-23(20)24)28(34)17-39(36)16-27(33)30-22-13-14-25-26(15-22)38-18-37-25/h6,8,12-15,19,21H,2-5,7,9-11,16-18H2,1H3,(H,30,33)(H,31,35)/t19-,39-/m1/s1. The van der Waals surface area contributed by atoms with Gasteiger partial charge in [0, 0.05) is 34.3 Å². The van der Waals surface area contributed by atoms with Crippen LogP contribution >= 0.6 is 0 Å². The largest absolute Gasteiger partial charge is 0.454 e. The van der Waals surface area contributed by atoms with Crippen LogP contribution < -0.4 is 25.0 Å². The highest BCUT2D eigenvalue weighted by atomic mass is 32.2. The first-order valence-electron chi connectivity index (χ1n) is 13.7. The molecule has 0 bridgehead atoms. The summed E-state index contributed by atoms with van der Waals surface area (Å²) in [6.45, 7) is 1.84. The summed E-state index contributed by atoms with van der Waals surface area (Å²) in [5.74, 6) is -0.710. The van der Waals surface area contributed by atoms with Crippen LogP contribution in [0.4, 0.5) is 11.4 Å². The number of hydrogen-bond donors (Lipinski definition) is 2. The van der Waals surface area contributed by atoms with Crippen LogP contribution in [-0.2, 0) is 38.0 Å². The zero-order valence-corrected chi connectivity index (χ0v) is 23.0. The molecule has 0 radical (unpaired) electrons. The van der Waals surface area contributed by atoms with Crippen molar-refractivity contribution >= 4 is 39.9 Å². The van der Waals surface area contributed by atoms with Crippen molar-refractivity contribution in [1.82, 2.24) is 5.32 Å². The third-order valence-corrected chi connectivity index (χ3v) is 8.75. The summed E-state index contributed by atoms with van der Waals surface area (Å²) < 4.78 is 23.6. The predicted octanol–water partition coefficient (Wildman–Crippen LogP) is 3.46. The van der Waals surface area contributed by atoms with Gasteiger partial charge in [0.1, 0.15) is 17.5 Å². The van der Waals surface area contributed by atoms with Crippen LogP contribution in [0.3, 0.4) is 0 Å². The summed E-state index contributed by atoms with van der Waals surface area (Å²) >= 11 is 0. The average molecular weight is 554 g/mol. The number of fused-ring (bicyclic) bond motifs is 2. The van der Waals surface area contributed by atoms with Gasteiger partial charge in [0.25, 0.3) is 0 Å². The Bertz CT molecular complexity index is 1280. The molecule has 5 rings (SSSR count). The summed E-state index contributed by atoms with van der Waals surface area (Å²) in [5.41, 5.74) is 3.45. The van der Waals surface area contributed by atoms with Gasteiger partial charge in [-0.1, -0.05) is 25.0 Å². The topological polar surface area (TPSA) is 114 Å². The number of anilines is 2. The number of amides is 3. The number of nitrogens with zero attached hydrogens (tertiary/aromatic N) is 1. The van der Waals surface area contributed by atoms with Crippen molar-refractivity contribution in [2.24, 2.45) is 0 Å². The Morgan fingerprint density at radius 2 is 1.77 bits per heavy atom. The summed E-state index contributed by atoms with van der Waals surface area (Å²) in [5, 5.41) is 5.80. The van der Waals surface area contributed by atoms with E-state index in [2.05, 4.69) is 16.7 Å². The minimum atomic E-state index is -1.77. The number of benzene rings is 2. The maximum absolute atomic E-state index is 13.7. The maximum Gasteiger partial charge on any atom is 0.243 e. The molecule has 1 saturated carbocycles. The molecule has 0 spiro atoms. The zero-order valence-electron chi connectivity index (χ0n) is 22.2. The molecule has 39 heavy (non-hydrogen) atoms. The first kappa shape index (κ1) is 27.2. The van der Waals surface area contributed by atoms with Crippen LogP contribution in [0, 0.1) is 0 Å². The summed E-state index contributed by atoms with van der Waals surface area (Å²) in [7, 11) is -1.77. The maximum atomic E-state index is 13.7. The van der Waals surface area contributed by atoms with Crippen molar-refractivity contribution in [3.8, 4) is 11.5 Å². The lowest BCUT2D eigenvalue weighted by atomic mass is 9.89. The van der Waals surface area contributed by atoms with Crippen LogP contribution in [-0.4, -0.2) is 52.3 Å². The number of aryl methyl sites for hydroxylation is 1. The van der Waals surface area contributed by atoms with Crippen molar-refractivity contribution < 1.29 is 28.1 Å². The van der Waals surface area contributed by atoms with Crippen molar-refractivity contribution in [3.05, 3.63) is 47.5 Å². The van der Waals surface area contributed by atoms with E-state index in [-0.39, 0.29) is 30.2 Å². The Hall–Kier alpha value is -3.40. The normalized spacial score (nSPS) is 17.7. The number of ether oxygens (including phenoxy) is 2. The third-order valence-electron chi connectivity index (χ3n) is 7.60. The lowest BCUT2D eigenvalue weighted by Gasteiger charge is -2.33. The molecule has 1 aliphatic heterocycles. The zero-order chi connectivity index (χ0) is 27.4. The van der Waals surface area contributed by atoms with E-state index < -0.39 is 28.7 Å². The van der Waals surface area contributed by atoms with Gasteiger partial charge in [-0.05, 0) is 74.8 Å². The van der Waals surface area contributed by atoms with Crippen LogP contribution in [0.5, 0.6) is 11.5 Å². The van der Waals surface area contributed by atoms with Crippen LogP contribution in [0.25, 0.3) is 0 Å². The van der Waals surface area contributed by atoms with Crippen LogP contribution in [0.15, 0.2) is 36.4 Å². The molecule has 3 amide bonds. The molecule has 10 heteroatoms. The molecule has 1 fully saturated rings. The highest BCUT2D eigenvalue weighted by Gasteiger charge is 2.32. The van der Waals surface area contributed by atoms with Gasteiger partial charge in [-0.3, -0.25) is 23.5 Å². The summed E-state index contributed by atoms with van der Waals surface area (Å²) in [6, 6.07) is 10.2. The van der Waals surface area contributed by atoms with E-state index in [4.69, 9.17) is 9.47 Å². The van der Waals surface area contributed by atoms with E-state index in [1.165, 1.54) is 10.5 Å². The molecule has 2 N–H and O–H groups in total. The Kier molecular flexibility index (Phi) is 8.50. The van der Waals surface area contributed by atoms with Gasteiger partial charge < -0.3 is 20.1 Å². The second kappa shape index (κ2) is 12.2. The molecule has 0 unspecified atom stereocenters. The number of nitrogens with one attached hydrogen (secondary N) is 2. The second-order valence-corrected chi connectivity index (χ2v) is 11.9. The minimum Gasteiger partial charge on any atom is -0.454 e. The summed E-state index contributed by atoms with van der Waals surface area (Å²) in [4.78, 5) is 41.1. The lowest BCUT2D eigenvalue weighted by Crippen LogP contribution is -2.52. The molecule has 9 nitrogen and oxygen atoms in total. The second-order valence-electron chi connectivity index (χ2n) is 10.4. The number of rotatable bonds is 9. The molecule has 2 aromatic carbocycles. The molecule has 1 heterocycles. The fraction of sp³-hybridized carbons (Fsp3) is 0.483. The van der Waals surface area contributed by atoms with E-state index in [9.17, 15) is 18.6 Å². The van der Waals surface area contributed by atoms with E-state index in [1.807, 2.05) is 12.1 Å². The summed E-state index contributed by atoms with van der Waals surface area (Å²) in [6.07, 6.45) is 7.91. The van der Waals surface area contributed by atoms with Crippen molar-refractivity contribution in [3.63, 3.8) is 0 Å². The van der Waals surface area contributed by atoms with Gasteiger partial charge in [0.2, 0.25) is 24.5 Å². The Morgan fingerprint density at radius 3 is 2.59 bits per heavy atom. The molecule has 2 aliphatic carbocycles. The van der Waals surface area contributed by atoms with Crippen molar-refractivity contribution in [1.29, 1.82) is 0 Å². The van der Waals surface area contributed by atoms with E-state index >= 15 is 0 Å². The van der Waals surface area contributed by atoms with E-state index in [0.29, 0.717) is 22.9 Å². The number of hydrogen-bond acceptors (Lipinski definition) is 6. The third kappa shape index (κ3) is 6.43. The fourth-order valence-electron chi connectivity index (χ4n) is 5.63. The Balaban J connectivity index is 1.29. The van der Waals surface area contributed by atoms with Gasteiger partial charge in [0.05, 0.1) is 0 Å². The Morgan fingerprint density at radius 1 is 1.00 bits per heavy atom. The van der Waals surface area contributed by atoms with Gasteiger partial charge >= 0.3 is 0 Å². The molecule has 0 aromatic heterocycles. The first-order chi connectivity index (χ1) is 18.9. The molecule has 2 aromatic rings. The van der Waals surface area contributed by atoms with E-state index in [0.717, 1.165) is 56.9 Å². The number of carbonyl (C=O) groups excluding carboxylic acids is 3. The van der Waals surface area contributed by atoms with Crippen molar-refractivity contribution in [2.45, 2.75) is 70.4 Å². The Labute approximate surface area is 231 Å². The number of carbonyl (C=O) groups is 3. The molecule has 3 aliphatic rings. The quantitative estimate of drug-likeness (QED) is 0.492. The van der Waals surface area contributed by atoms with Gasteiger partial charge in [-0.15, -0.1) is 0 Å². The average Bonchev–Trinajstić information content (AvgIpc) is 3.60. The monoisotopic (exact) mass is 553 g/mol. The SMILES string of the molecule is C[C@H](C(=O)NC1CCCC1)N(C(=O)C[S@](=O)CC(=O)Nc1ccc2c(c1)OCO2)c1cccc2c1CCCC2. The molecule has 208 valence electrons. The van der Waals surface area contributed by atoms with Gasteiger partial charge in [-0.25, -0.2) is 0 Å². The highest BCUT2D eigenvalue weighted by Crippen LogP contribution is 2.34. The highest BCUT2D eigenvalue weighted by molar-refractivity contribution is 7.86. The predicted molar refractivity (Wildman–Crippen MR) is 150 cm³/mol. The van der Waals surface area contributed by atoms with Crippen LogP contribution in [0.2, 0.25) is 0 Å². The molecule has 0 saturated heterocycles. The molecular formula is C29H35N3O6S. The van der Waals surface area contributed by atoms with Gasteiger partial charge in [0.15, 0.2) is 11.5 Å². The smallest absolute Gasteiger partial charge is 0.243 e. The van der Waals surface area contributed by atoms with Crippen molar-refractivity contribution in [2.75, 3.05) is 28.5 Å². The lowest BCUT2D eigenvalue weighted by molar-refractivity contribution is -0.125. The molecular weight excluding hydrogens is 518 g/mol.